The van der Waals surface area contributed by atoms with Crippen molar-refractivity contribution in [3.63, 3.8) is 0 Å². The normalized spacial score (nSPS) is 28.1. The summed E-state index contributed by atoms with van der Waals surface area (Å²) in [6.07, 6.45) is 3.40. The lowest BCUT2D eigenvalue weighted by Gasteiger charge is -2.32. The summed E-state index contributed by atoms with van der Waals surface area (Å²) in [7, 11) is 3.85. The molecule has 1 fully saturated rings. The highest BCUT2D eigenvalue weighted by Crippen LogP contribution is 2.24. The van der Waals surface area contributed by atoms with Gasteiger partial charge in [-0.15, -0.1) is 0 Å². The van der Waals surface area contributed by atoms with Crippen LogP contribution in [0.3, 0.4) is 0 Å². The molecule has 3 atom stereocenters. The number of carbonyl (C=O) groups is 1. The molecule has 0 heterocycles. The minimum Gasteiger partial charge on any atom is -0.481 e. The first-order chi connectivity index (χ1) is 8.30. The molecular formula is C13H26N2O3. The van der Waals surface area contributed by atoms with Gasteiger partial charge < -0.3 is 20.4 Å². The molecule has 1 aliphatic rings. The molecule has 1 rings (SSSR count). The van der Waals surface area contributed by atoms with E-state index in [4.69, 9.17) is 5.11 Å². The first-order valence-corrected chi connectivity index (χ1v) is 6.63. The molecule has 0 aromatic heterocycles. The summed E-state index contributed by atoms with van der Waals surface area (Å²) in [5, 5.41) is 22.5. The summed E-state index contributed by atoms with van der Waals surface area (Å²) < 4.78 is 0. The maximum absolute atomic E-state index is 11.0. The predicted molar refractivity (Wildman–Crippen MR) is 70.6 cm³/mol. The van der Waals surface area contributed by atoms with Gasteiger partial charge in [0.25, 0.3) is 0 Å². The van der Waals surface area contributed by atoms with Crippen LogP contribution in [0.25, 0.3) is 0 Å². The van der Waals surface area contributed by atoms with E-state index in [1.54, 1.807) is 6.92 Å². The molecule has 5 nitrogen and oxygen atoms in total. The molecule has 0 radical (unpaired) electrons. The maximum atomic E-state index is 11.0. The van der Waals surface area contributed by atoms with E-state index >= 15 is 0 Å². The molecule has 3 N–H and O–H groups in total. The van der Waals surface area contributed by atoms with Crippen LogP contribution in [-0.2, 0) is 4.79 Å². The van der Waals surface area contributed by atoms with E-state index < -0.39 is 11.6 Å². The lowest BCUT2D eigenvalue weighted by molar-refractivity contribution is -0.143. The Labute approximate surface area is 109 Å². The zero-order valence-electron chi connectivity index (χ0n) is 11.6. The summed E-state index contributed by atoms with van der Waals surface area (Å²) in [5.74, 6) is -0.920. The fourth-order valence-corrected chi connectivity index (χ4v) is 2.70. The molecule has 1 aliphatic carbocycles. The number of nitrogens with one attached hydrogen (secondary N) is 1. The highest BCUT2D eigenvalue weighted by atomic mass is 16.4. The lowest BCUT2D eigenvalue weighted by atomic mass is 9.85. The Morgan fingerprint density at radius 2 is 2.11 bits per heavy atom. The highest BCUT2D eigenvalue weighted by molar-refractivity contribution is 5.70. The molecule has 18 heavy (non-hydrogen) atoms. The van der Waals surface area contributed by atoms with E-state index in [9.17, 15) is 9.90 Å². The summed E-state index contributed by atoms with van der Waals surface area (Å²) in [6.45, 7) is 2.90. The average molecular weight is 258 g/mol. The van der Waals surface area contributed by atoms with Gasteiger partial charge in [-0.05, 0) is 40.3 Å². The molecule has 0 spiro atoms. The van der Waals surface area contributed by atoms with Gasteiger partial charge in [-0.3, -0.25) is 4.79 Å². The number of nitrogens with zero attached hydrogens (tertiary/aromatic N) is 1. The van der Waals surface area contributed by atoms with Gasteiger partial charge in [-0.2, -0.15) is 0 Å². The quantitative estimate of drug-likeness (QED) is 0.648. The summed E-state index contributed by atoms with van der Waals surface area (Å²) in [5.41, 5.74) is -0.778. The second kappa shape index (κ2) is 6.50. The standard InChI is InChI=1S/C13H26N2O3/c1-13(18,9-15(2)3)8-14-11-6-4-5-10(7-11)12(16)17/h10-11,14,18H,4-9H2,1-3H3,(H,16,17). The van der Waals surface area contributed by atoms with Crippen molar-refractivity contribution in [3.8, 4) is 0 Å². The number of likely N-dealkylation sites (N-methyl/N-ethyl adjacent to an activating group) is 1. The Balaban J connectivity index is 2.36. The van der Waals surface area contributed by atoms with Crippen LogP contribution in [0.1, 0.15) is 32.6 Å². The Kier molecular flexibility index (Phi) is 5.56. The van der Waals surface area contributed by atoms with Gasteiger partial charge in [0.15, 0.2) is 0 Å². The number of aliphatic carboxylic acids is 1. The minimum absolute atomic E-state index is 0.216. The SMILES string of the molecule is CN(C)CC(C)(O)CNC1CCCC(C(=O)O)C1. The number of hydrogen-bond acceptors (Lipinski definition) is 4. The first-order valence-electron chi connectivity index (χ1n) is 6.63. The van der Waals surface area contributed by atoms with E-state index in [0.29, 0.717) is 19.5 Å². The van der Waals surface area contributed by atoms with E-state index in [2.05, 4.69) is 5.32 Å². The number of hydrogen-bond donors (Lipinski definition) is 3. The van der Waals surface area contributed by atoms with Crippen LogP contribution < -0.4 is 5.32 Å². The van der Waals surface area contributed by atoms with Gasteiger partial charge in [0.05, 0.1) is 11.5 Å². The van der Waals surface area contributed by atoms with Crippen molar-refractivity contribution in [1.82, 2.24) is 10.2 Å². The number of aliphatic hydroxyl groups is 1. The number of carboxylic acids is 1. The Hall–Kier alpha value is -0.650. The molecule has 0 saturated heterocycles. The van der Waals surface area contributed by atoms with Crippen molar-refractivity contribution in [2.24, 2.45) is 5.92 Å². The monoisotopic (exact) mass is 258 g/mol. The first kappa shape index (κ1) is 15.4. The second-order valence-electron chi connectivity index (χ2n) is 6.01. The van der Waals surface area contributed by atoms with E-state index in [0.717, 1.165) is 19.3 Å². The van der Waals surface area contributed by atoms with Crippen molar-refractivity contribution in [3.05, 3.63) is 0 Å². The van der Waals surface area contributed by atoms with E-state index in [1.165, 1.54) is 0 Å². The van der Waals surface area contributed by atoms with Gasteiger partial charge in [-0.25, -0.2) is 0 Å². The minimum atomic E-state index is -0.778. The van der Waals surface area contributed by atoms with Gasteiger partial charge in [-0.1, -0.05) is 6.42 Å². The molecule has 3 unspecified atom stereocenters. The van der Waals surface area contributed by atoms with Crippen LogP contribution in [-0.4, -0.2) is 59.9 Å². The Morgan fingerprint density at radius 1 is 1.44 bits per heavy atom. The van der Waals surface area contributed by atoms with Gasteiger partial charge in [0.2, 0.25) is 0 Å². The van der Waals surface area contributed by atoms with Crippen molar-refractivity contribution in [2.75, 3.05) is 27.2 Å². The van der Waals surface area contributed by atoms with Gasteiger partial charge in [0.1, 0.15) is 0 Å². The number of rotatable bonds is 6. The fraction of sp³-hybridized carbons (Fsp3) is 0.923. The molecule has 0 aromatic carbocycles. The summed E-state index contributed by atoms with van der Waals surface area (Å²) in [4.78, 5) is 12.9. The van der Waals surface area contributed by atoms with E-state index in [-0.39, 0.29) is 12.0 Å². The fourth-order valence-electron chi connectivity index (χ4n) is 2.70. The van der Waals surface area contributed by atoms with Crippen molar-refractivity contribution in [2.45, 2.75) is 44.2 Å². The van der Waals surface area contributed by atoms with Crippen LogP contribution in [0, 0.1) is 5.92 Å². The second-order valence-corrected chi connectivity index (χ2v) is 6.01. The average Bonchev–Trinajstić information content (AvgIpc) is 2.25. The molecule has 0 aromatic rings. The van der Waals surface area contributed by atoms with Crippen LogP contribution in [0.5, 0.6) is 0 Å². The predicted octanol–water partition coefficient (Wildman–Crippen LogP) is 0.532. The smallest absolute Gasteiger partial charge is 0.306 e. The third kappa shape index (κ3) is 5.33. The molecule has 5 heteroatoms. The molecule has 0 aliphatic heterocycles. The third-order valence-corrected chi connectivity index (χ3v) is 3.45. The van der Waals surface area contributed by atoms with Gasteiger partial charge in [0, 0.05) is 19.1 Å². The van der Waals surface area contributed by atoms with Crippen LogP contribution >= 0.6 is 0 Å². The molecule has 1 saturated carbocycles. The van der Waals surface area contributed by atoms with Gasteiger partial charge >= 0.3 is 5.97 Å². The zero-order chi connectivity index (χ0) is 13.8. The maximum Gasteiger partial charge on any atom is 0.306 e. The summed E-state index contributed by atoms with van der Waals surface area (Å²) in [6, 6.07) is 0.216. The molecule has 106 valence electrons. The van der Waals surface area contributed by atoms with Crippen molar-refractivity contribution < 1.29 is 15.0 Å². The molecular weight excluding hydrogens is 232 g/mol. The number of carboxylic acid groups (broad SMARTS) is 1. The van der Waals surface area contributed by atoms with Crippen molar-refractivity contribution in [1.29, 1.82) is 0 Å². The zero-order valence-corrected chi connectivity index (χ0v) is 11.6. The largest absolute Gasteiger partial charge is 0.481 e. The van der Waals surface area contributed by atoms with Crippen LogP contribution in [0.15, 0.2) is 0 Å². The summed E-state index contributed by atoms with van der Waals surface area (Å²) >= 11 is 0. The Morgan fingerprint density at radius 3 is 2.67 bits per heavy atom. The van der Waals surface area contributed by atoms with Crippen LogP contribution in [0.4, 0.5) is 0 Å². The molecule has 0 amide bonds. The lowest BCUT2D eigenvalue weighted by Crippen LogP contribution is -2.49. The van der Waals surface area contributed by atoms with Crippen LogP contribution in [0.2, 0.25) is 0 Å². The molecule has 0 bridgehead atoms. The van der Waals surface area contributed by atoms with Crippen molar-refractivity contribution >= 4 is 5.97 Å². The Bertz CT molecular complexity index is 279. The third-order valence-electron chi connectivity index (χ3n) is 3.45. The van der Waals surface area contributed by atoms with E-state index in [1.807, 2.05) is 19.0 Å². The topological polar surface area (TPSA) is 72.8 Å². The highest BCUT2D eigenvalue weighted by Gasteiger charge is 2.29.